The summed E-state index contributed by atoms with van der Waals surface area (Å²) in [4.78, 5) is 13.4. The average Bonchev–Trinajstić information content (AvgIpc) is 2.02. The van der Waals surface area contributed by atoms with Crippen LogP contribution < -0.4 is 0 Å². The van der Waals surface area contributed by atoms with Crippen molar-refractivity contribution in [2.45, 2.75) is 19.1 Å². The molecule has 1 aliphatic rings. The topological polar surface area (TPSA) is 23.6 Å². The third kappa shape index (κ3) is 2.37. The highest BCUT2D eigenvalue weighted by molar-refractivity contribution is 5.73. The van der Waals surface area contributed by atoms with Crippen LogP contribution in [0.1, 0.15) is 6.92 Å². The Morgan fingerprint density at radius 2 is 1.93 bits per heavy atom. The molecular weight excluding hydrogens is 197 g/mol. The van der Waals surface area contributed by atoms with Gasteiger partial charge in [0.1, 0.15) is 6.04 Å². The maximum absolute atomic E-state index is 12.4. The number of amides is 1. The number of hydrogen-bond donors (Lipinski definition) is 0. The van der Waals surface area contributed by atoms with Gasteiger partial charge in [-0.05, 0) is 7.05 Å². The molecule has 0 radical (unpaired) electrons. The number of piperazine rings is 1. The molecule has 0 aromatic rings. The number of likely N-dealkylation sites (N-methyl/N-ethyl adjacent to an activating group) is 1. The fourth-order valence-electron chi connectivity index (χ4n) is 1.51. The summed E-state index contributed by atoms with van der Waals surface area (Å²) in [6.07, 6.45) is -4.26. The summed E-state index contributed by atoms with van der Waals surface area (Å²) >= 11 is 0. The molecule has 0 spiro atoms. The summed E-state index contributed by atoms with van der Waals surface area (Å²) < 4.78 is 37.3. The van der Waals surface area contributed by atoms with Gasteiger partial charge in [-0.15, -0.1) is 0 Å². The Kier molecular flexibility index (Phi) is 3.04. The molecule has 0 bridgehead atoms. The van der Waals surface area contributed by atoms with E-state index < -0.39 is 12.2 Å². The van der Waals surface area contributed by atoms with E-state index in [0.717, 1.165) is 0 Å². The summed E-state index contributed by atoms with van der Waals surface area (Å²) in [5, 5.41) is 0. The van der Waals surface area contributed by atoms with Gasteiger partial charge < -0.3 is 4.90 Å². The molecular formula is C8H13F3N2O. The van der Waals surface area contributed by atoms with Crippen LogP contribution in [-0.2, 0) is 4.79 Å². The van der Waals surface area contributed by atoms with Gasteiger partial charge in [0.05, 0.1) is 0 Å². The second-order valence-electron chi connectivity index (χ2n) is 3.50. The van der Waals surface area contributed by atoms with Gasteiger partial charge in [0.25, 0.3) is 0 Å². The number of carbonyl (C=O) groups excluding carboxylic acids is 1. The van der Waals surface area contributed by atoms with E-state index in [1.165, 1.54) is 23.8 Å². The Hall–Kier alpha value is -0.780. The Labute approximate surface area is 80.5 Å². The quantitative estimate of drug-likeness (QED) is 0.588. The predicted octanol–water partition coefficient (Wildman–Crippen LogP) is 0.711. The van der Waals surface area contributed by atoms with Crippen molar-refractivity contribution in [1.82, 2.24) is 9.80 Å². The van der Waals surface area contributed by atoms with Gasteiger partial charge in [-0.2, -0.15) is 13.2 Å². The first kappa shape index (κ1) is 11.3. The highest BCUT2D eigenvalue weighted by Gasteiger charge is 2.45. The van der Waals surface area contributed by atoms with E-state index in [9.17, 15) is 18.0 Å². The van der Waals surface area contributed by atoms with Gasteiger partial charge in [0.15, 0.2) is 0 Å². The molecule has 0 aromatic heterocycles. The van der Waals surface area contributed by atoms with Crippen molar-refractivity contribution in [3.63, 3.8) is 0 Å². The van der Waals surface area contributed by atoms with E-state index in [1.807, 2.05) is 0 Å². The van der Waals surface area contributed by atoms with Crippen LogP contribution in [0.15, 0.2) is 0 Å². The summed E-state index contributed by atoms with van der Waals surface area (Å²) in [7, 11) is 1.43. The zero-order chi connectivity index (χ0) is 10.9. The Bertz CT molecular complexity index is 229. The molecule has 0 saturated carbocycles. The molecule has 1 aliphatic heterocycles. The monoisotopic (exact) mass is 210 g/mol. The largest absolute Gasteiger partial charge is 0.405 e. The molecule has 1 fully saturated rings. The van der Waals surface area contributed by atoms with Crippen molar-refractivity contribution in [1.29, 1.82) is 0 Å². The lowest BCUT2D eigenvalue weighted by Crippen LogP contribution is -2.58. The molecule has 1 atom stereocenters. The first-order valence-corrected chi connectivity index (χ1v) is 4.35. The summed E-state index contributed by atoms with van der Waals surface area (Å²) in [5.41, 5.74) is 0. The van der Waals surface area contributed by atoms with Crippen LogP contribution in [0.5, 0.6) is 0 Å². The fourth-order valence-corrected chi connectivity index (χ4v) is 1.51. The zero-order valence-electron chi connectivity index (χ0n) is 8.14. The van der Waals surface area contributed by atoms with Crippen molar-refractivity contribution in [2.24, 2.45) is 0 Å². The van der Waals surface area contributed by atoms with Crippen molar-refractivity contribution < 1.29 is 18.0 Å². The van der Waals surface area contributed by atoms with E-state index in [2.05, 4.69) is 0 Å². The molecule has 0 N–H and O–H groups in total. The summed E-state index contributed by atoms with van der Waals surface area (Å²) in [5.74, 6) is -0.299. The number of rotatable bonds is 0. The molecule has 0 aliphatic carbocycles. The third-order valence-corrected chi connectivity index (χ3v) is 2.47. The molecule has 1 unspecified atom stereocenters. The normalized spacial score (nSPS) is 25.2. The van der Waals surface area contributed by atoms with Gasteiger partial charge in [0.2, 0.25) is 5.91 Å². The predicted molar refractivity (Wildman–Crippen MR) is 44.7 cm³/mol. The average molecular weight is 210 g/mol. The second kappa shape index (κ2) is 3.76. The highest BCUT2D eigenvalue weighted by Crippen LogP contribution is 2.26. The maximum atomic E-state index is 12.4. The van der Waals surface area contributed by atoms with Crippen LogP contribution in [0.3, 0.4) is 0 Å². The molecule has 1 amide bonds. The second-order valence-corrected chi connectivity index (χ2v) is 3.50. The minimum Gasteiger partial charge on any atom is -0.340 e. The number of hydrogen-bond acceptors (Lipinski definition) is 2. The van der Waals surface area contributed by atoms with Crippen LogP contribution in [0.2, 0.25) is 0 Å². The minimum atomic E-state index is -4.26. The fraction of sp³-hybridized carbons (Fsp3) is 0.875. The Morgan fingerprint density at radius 1 is 1.36 bits per heavy atom. The Morgan fingerprint density at radius 3 is 2.36 bits per heavy atom. The lowest BCUT2D eigenvalue weighted by molar-refractivity contribution is -0.193. The number of halogens is 3. The lowest BCUT2D eigenvalue weighted by atomic mass is 10.1. The zero-order valence-corrected chi connectivity index (χ0v) is 8.14. The summed E-state index contributed by atoms with van der Waals surface area (Å²) in [6, 6.07) is -1.53. The van der Waals surface area contributed by atoms with Crippen molar-refractivity contribution >= 4 is 5.91 Å². The van der Waals surface area contributed by atoms with E-state index in [-0.39, 0.29) is 19.0 Å². The number of carbonyl (C=O) groups is 1. The third-order valence-electron chi connectivity index (χ3n) is 2.47. The molecule has 1 rings (SSSR count). The highest BCUT2D eigenvalue weighted by atomic mass is 19.4. The van der Waals surface area contributed by atoms with Gasteiger partial charge in [-0.1, -0.05) is 0 Å². The smallest absolute Gasteiger partial charge is 0.340 e. The van der Waals surface area contributed by atoms with Crippen molar-refractivity contribution in [3.05, 3.63) is 0 Å². The molecule has 6 heteroatoms. The van der Waals surface area contributed by atoms with Crippen LogP contribution in [-0.4, -0.2) is 54.6 Å². The van der Waals surface area contributed by atoms with E-state index >= 15 is 0 Å². The molecule has 14 heavy (non-hydrogen) atoms. The van der Waals surface area contributed by atoms with E-state index in [0.29, 0.717) is 6.54 Å². The standard InChI is InChI=1S/C8H13F3N2O/c1-6(14)13-4-3-12(2)7(5-13)8(9,10)11/h7H,3-5H2,1-2H3. The lowest BCUT2D eigenvalue weighted by Gasteiger charge is -2.39. The Balaban J connectivity index is 2.69. The SMILES string of the molecule is CC(=O)N1CCN(C)C(C(F)(F)F)C1. The van der Waals surface area contributed by atoms with Crippen LogP contribution in [0.4, 0.5) is 13.2 Å². The minimum absolute atomic E-state index is 0.255. The number of alkyl halides is 3. The van der Waals surface area contributed by atoms with Gasteiger partial charge >= 0.3 is 6.18 Å². The molecule has 82 valence electrons. The first-order valence-electron chi connectivity index (χ1n) is 4.35. The molecule has 3 nitrogen and oxygen atoms in total. The maximum Gasteiger partial charge on any atom is 0.405 e. The van der Waals surface area contributed by atoms with Crippen LogP contribution in [0.25, 0.3) is 0 Å². The van der Waals surface area contributed by atoms with E-state index in [1.54, 1.807) is 0 Å². The van der Waals surface area contributed by atoms with Crippen molar-refractivity contribution in [2.75, 3.05) is 26.7 Å². The van der Waals surface area contributed by atoms with Crippen LogP contribution >= 0.6 is 0 Å². The first-order chi connectivity index (χ1) is 6.32. The molecule has 1 saturated heterocycles. The van der Waals surface area contributed by atoms with E-state index in [4.69, 9.17) is 0 Å². The van der Waals surface area contributed by atoms with Crippen molar-refractivity contribution in [3.8, 4) is 0 Å². The van der Waals surface area contributed by atoms with Gasteiger partial charge in [0, 0.05) is 26.6 Å². The number of nitrogens with zero attached hydrogens (tertiary/aromatic N) is 2. The molecule has 0 aromatic carbocycles. The van der Waals surface area contributed by atoms with Gasteiger partial charge in [-0.3, -0.25) is 9.69 Å². The van der Waals surface area contributed by atoms with Crippen LogP contribution in [0, 0.1) is 0 Å². The summed E-state index contributed by atoms with van der Waals surface area (Å²) in [6.45, 7) is 1.68. The molecule has 1 heterocycles. The van der Waals surface area contributed by atoms with Gasteiger partial charge in [-0.25, -0.2) is 0 Å².